The predicted molar refractivity (Wildman–Crippen MR) is 60.9 cm³/mol. The molecule has 1 heterocycles. The number of hydrogen-bond donors (Lipinski definition) is 0. The summed E-state index contributed by atoms with van der Waals surface area (Å²) in [4.78, 5) is 0. The van der Waals surface area contributed by atoms with E-state index in [2.05, 4.69) is 39.3 Å². The molecule has 14 heavy (non-hydrogen) atoms. The molecule has 1 aliphatic rings. The predicted octanol–water partition coefficient (Wildman–Crippen LogP) is 3.00. The molecule has 0 spiro atoms. The first-order valence-corrected chi connectivity index (χ1v) is 7.76. The first-order chi connectivity index (χ1) is 6.97. The Kier molecular flexibility index (Phi) is 3.53. The van der Waals surface area contributed by atoms with Crippen molar-refractivity contribution in [3.63, 3.8) is 0 Å². The summed E-state index contributed by atoms with van der Waals surface area (Å²) in [5.41, 5.74) is 1.33. The van der Waals surface area contributed by atoms with E-state index in [1.807, 2.05) is 24.4 Å². The van der Waals surface area contributed by atoms with Crippen LogP contribution >= 0.6 is 0 Å². The Hall–Kier alpha value is -0.877. The Morgan fingerprint density at radius 3 is 2.64 bits per heavy atom. The molecule has 0 fully saturated rings. The van der Waals surface area contributed by atoms with Gasteiger partial charge in [0.25, 0.3) is 0 Å². The Morgan fingerprint density at radius 2 is 1.79 bits per heavy atom. The molecule has 1 aromatic rings. The van der Waals surface area contributed by atoms with Crippen LogP contribution in [0.3, 0.4) is 0 Å². The topological polar surface area (TPSA) is 12.4 Å². The average molecular weight is 377 g/mol. The Morgan fingerprint density at radius 1 is 0.929 bits per heavy atom. The first-order valence-electron chi connectivity index (χ1n) is 4.46. The Bertz CT molecular complexity index is 413. The van der Waals surface area contributed by atoms with Crippen molar-refractivity contribution in [3.8, 4) is 0 Å². The molecule has 0 unspecified atom stereocenters. The molecule has 0 atom stereocenters. The van der Waals surface area contributed by atoms with Gasteiger partial charge in [-0.3, -0.25) is 0 Å². The van der Waals surface area contributed by atoms with E-state index >= 15 is 0 Å². The fraction of sp³-hybridized carbons (Fsp3) is 0. The van der Waals surface area contributed by atoms with E-state index in [9.17, 15) is 0 Å². The van der Waals surface area contributed by atoms with Crippen LogP contribution in [0.4, 0.5) is 0 Å². The molecule has 0 saturated carbocycles. The van der Waals surface area contributed by atoms with Crippen LogP contribution in [0, 0.1) is 0 Å². The van der Waals surface area contributed by atoms with Gasteiger partial charge in [0, 0.05) is 0 Å². The van der Waals surface area contributed by atoms with Crippen molar-refractivity contribution < 1.29 is 0 Å². The van der Waals surface area contributed by atoms with Crippen LogP contribution in [0.15, 0.2) is 63.7 Å². The van der Waals surface area contributed by atoms with E-state index in [4.69, 9.17) is 0 Å². The number of rotatable bonds is 1. The molecule has 1 nitrogen and oxygen atoms in total. The van der Waals surface area contributed by atoms with Gasteiger partial charge in [-0.15, -0.1) is 0 Å². The summed E-state index contributed by atoms with van der Waals surface area (Å²) >= 11 is -0.857. The molecule has 0 aromatic heterocycles. The molecule has 68 valence electrons. The quantitative estimate of drug-likeness (QED) is 0.668. The van der Waals surface area contributed by atoms with Crippen LogP contribution in [-0.2, 0) is 0 Å². The van der Waals surface area contributed by atoms with Crippen LogP contribution in [-0.4, -0.2) is 23.1 Å². The number of allylic oxidation sites excluding steroid dienone is 4. The van der Waals surface area contributed by atoms with Crippen molar-refractivity contribution in [2.45, 2.75) is 0 Å². The second-order valence-corrected chi connectivity index (χ2v) is 6.41. The van der Waals surface area contributed by atoms with Gasteiger partial charge in [-0.25, -0.2) is 0 Å². The van der Waals surface area contributed by atoms with E-state index in [1.54, 1.807) is 0 Å². The van der Waals surface area contributed by atoms with Crippen LogP contribution in [0.2, 0.25) is 0 Å². The molecule has 1 aliphatic heterocycles. The summed E-state index contributed by atoms with van der Waals surface area (Å²) in [7, 11) is 0. The zero-order chi connectivity index (χ0) is 9.64. The van der Waals surface area contributed by atoms with Gasteiger partial charge in [-0.2, -0.15) is 0 Å². The van der Waals surface area contributed by atoms with Gasteiger partial charge in [0.2, 0.25) is 0 Å². The van der Waals surface area contributed by atoms with Gasteiger partial charge in [0.15, 0.2) is 0 Å². The Balaban J connectivity index is 2.35. The fourth-order valence-electron chi connectivity index (χ4n) is 1.19. The van der Waals surface area contributed by atoms with Crippen molar-refractivity contribution in [3.05, 3.63) is 66.4 Å². The molecule has 2 rings (SSSR count). The minimum absolute atomic E-state index is 0.857. The standard InChI is InChI=1S/C12H10N.Bi/c13-11-7-2-1-4-8-12-9-5-3-6-10-12;/h1-7,9-11H;/b2-1-,8-4?,11-7-;. The molecule has 0 amide bonds. The first kappa shape index (κ1) is 9.67. The van der Waals surface area contributed by atoms with Gasteiger partial charge < -0.3 is 0 Å². The van der Waals surface area contributed by atoms with E-state index < -0.39 is 23.1 Å². The molecular weight excluding hydrogens is 367 g/mol. The number of hydrogen-bond acceptors (Lipinski definition) is 1. The third-order valence-corrected chi connectivity index (χ3v) is 5.25. The summed E-state index contributed by atoms with van der Waals surface area (Å²) in [6.07, 6.45) is 10.2. The molecule has 0 N–H and O–H groups in total. The minimum atomic E-state index is -0.857. The summed E-state index contributed by atoms with van der Waals surface area (Å²) in [6.45, 7) is 0. The average Bonchev–Trinajstić information content (AvgIpc) is 2.18. The molecule has 0 bridgehead atoms. The molecule has 1 aromatic carbocycles. The summed E-state index contributed by atoms with van der Waals surface area (Å²) in [5, 5.41) is 0. The van der Waals surface area contributed by atoms with Crippen LogP contribution < -0.4 is 0 Å². The Labute approximate surface area is 95.4 Å². The SMILES string of the molecule is C1=C\C=[C](c2ccccc2)/[Bi]=[N]\C=C/1. The monoisotopic (exact) mass is 377 g/mol. The van der Waals surface area contributed by atoms with Gasteiger partial charge in [0.1, 0.15) is 0 Å². The van der Waals surface area contributed by atoms with Crippen LogP contribution in [0.5, 0.6) is 0 Å². The maximum absolute atomic E-state index is 4.47. The third-order valence-electron chi connectivity index (χ3n) is 1.86. The summed E-state index contributed by atoms with van der Waals surface area (Å²) in [6, 6.07) is 10.5. The normalized spacial score (nSPS) is 25.3. The van der Waals surface area contributed by atoms with Gasteiger partial charge >= 0.3 is 95.6 Å². The second kappa shape index (κ2) is 5.12. The maximum atomic E-state index is 4.47. The van der Waals surface area contributed by atoms with E-state index in [-0.39, 0.29) is 0 Å². The molecule has 0 radical (unpaired) electrons. The van der Waals surface area contributed by atoms with E-state index in [0.29, 0.717) is 0 Å². The van der Waals surface area contributed by atoms with E-state index in [1.165, 1.54) is 8.84 Å². The van der Waals surface area contributed by atoms with Crippen LogP contribution in [0.25, 0.3) is 3.28 Å². The van der Waals surface area contributed by atoms with Gasteiger partial charge in [0.05, 0.1) is 0 Å². The van der Waals surface area contributed by atoms with Crippen molar-refractivity contribution in [1.29, 1.82) is 0 Å². The van der Waals surface area contributed by atoms with Crippen molar-refractivity contribution >= 4 is 26.4 Å². The number of nitrogens with zero attached hydrogens (tertiary/aromatic N) is 1. The van der Waals surface area contributed by atoms with Crippen molar-refractivity contribution in [2.75, 3.05) is 0 Å². The van der Waals surface area contributed by atoms with Crippen molar-refractivity contribution in [1.82, 2.24) is 0 Å². The van der Waals surface area contributed by atoms with E-state index in [0.717, 1.165) is 0 Å². The van der Waals surface area contributed by atoms with Gasteiger partial charge in [-0.1, -0.05) is 0 Å². The summed E-state index contributed by atoms with van der Waals surface area (Å²) in [5.74, 6) is 0. The molecular formula is C12H10BiN. The summed E-state index contributed by atoms with van der Waals surface area (Å²) < 4.78 is 5.91. The van der Waals surface area contributed by atoms with Gasteiger partial charge in [-0.05, 0) is 0 Å². The zero-order valence-electron chi connectivity index (χ0n) is 7.67. The third kappa shape index (κ3) is 2.55. The zero-order valence-corrected chi connectivity index (χ0v) is 11.1. The second-order valence-electron chi connectivity index (χ2n) is 2.86. The number of benzene rings is 1. The fourth-order valence-corrected chi connectivity index (χ4v) is 3.85. The van der Waals surface area contributed by atoms with Crippen molar-refractivity contribution in [2.24, 2.45) is 2.87 Å². The molecule has 2 heteroatoms. The molecule has 0 saturated heterocycles. The van der Waals surface area contributed by atoms with Crippen LogP contribution in [0.1, 0.15) is 5.56 Å². The molecule has 0 aliphatic carbocycles.